The maximum absolute atomic E-state index is 11.8. The molecule has 7 nitrogen and oxygen atoms in total. The fraction of sp³-hybridized carbons (Fsp3) is 0.867. The lowest BCUT2D eigenvalue weighted by molar-refractivity contribution is -0.127. The lowest BCUT2D eigenvalue weighted by Gasteiger charge is -2.31. The summed E-state index contributed by atoms with van der Waals surface area (Å²) in [5.74, 6) is -0.125. The summed E-state index contributed by atoms with van der Waals surface area (Å²) < 4.78 is 15.2. The molecule has 0 saturated carbocycles. The van der Waals surface area contributed by atoms with Gasteiger partial charge in [0.2, 0.25) is 5.91 Å². The number of hydrogen-bond donors (Lipinski definition) is 1. The van der Waals surface area contributed by atoms with Crippen molar-refractivity contribution in [2.45, 2.75) is 38.6 Å². The molecule has 2 amide bonds. The normalized spacial score (nSPS) is 15.6. The molecule has 7 heteroatoms. The van der Waals surface area contributed by atoms with E-state index in [0.29, 0.717) is 32.9 Å². The molecule has 0 bridgehead atoms. The number of likely N-dealkylation sites (tertiary alicyclic amines) is 1. The molecule has 1 heterocycles. The van der Waals surface area contributed by atoms with Crippen LogP contribution in [-0.4, -0.2) is 69.6 Å². The number of hydrogen-bond acceptors (Lipinski definition) is 5. The molecule has 1 fully saturated rings. The lowest BCUT2D eigenvalue weighted by Crippen LogP contribution is -2.47. The van der Waals surface area contributed by atoms with Crippen LogP contribution in [-0.2, 0) is 19.0 Å². The first kappa shape index (κ1) is 18.7. The average molecular weight is 316 g/mol. The minimum Gasteiger partial charge on any atom is -0.449 e. The van der Waals surface area contributed by atoms with Crippen LogP contribution in [0.2, 0.25) is 0 Å². The lowest BCUT2D eigenvalue weighted by atomic mass is 10.1. The highest BCUT2D eigenvalue weighted by molar-refractivity contribution is 5.77. The van der Waals surface area contributed by atoms with Crippen molar-refractivity contribution in [2.75, 3.05) is 46.6 Å². The molecule has 0 spiro atoms. The van der Waals surface area contributed by atoms with Crippen molar-refractivity contribution >= 4 is 12.0 Å². The summed E-state index contributed by atoms with van der Waals surface area (Å²) in [4.78, 5) is 25.2. The number of methoxy groups -OCH3 is 1. The topological polar surface area (TPSA) is 77.1 Å². The van der Waals surface area contributed by atoms with Gasteiger partial charge in [0.25, 0.3) is 0 Å². The van der Waals surface area contributed by atoms with Gasteiger partial charge in [0.1, 0.15) is 6.61 Å². The van der Waals surface area contributed by atoms with Crippen LogP contribution in [0.25, 0.3) is 0 Å². The third-order valence-corrected chi connectivity index (χ3v) is 3.51. The Kier molecular flexibility index (Phi) is 9.57. The van der Waals surface area contributed by atoms with Gasteiger partial charge in [0, 0.05) is 26.2 Å². The smallest absolute Gasteiger partial charge is 0.409 e. The molecule has 1 rings (SSSR count). The van der Waals surface area contributed by atoms with Crippen LogP contribution in [0, 0.1) is 0 Å². The third-order valence-electron chi connectivity index (χ3n) is 3.51. The molecule has 22 heavy (non-hydrogen) atoms. The molecule has 0 atom stereocenters. The van der Waals surface area contributed by atoms with Crippen LogP contribution >= 0.6 is 0 Å². The second-order valence-electron chi connectivity index (χ2n) is 5.34. The number of rotatable bonds is 9. The van der Waals surface area contributed by atoms with Crippen molar-refractivity contribution in [1.29, 1.82) is 0 Å². The molecule has 1 aliphatic rings. The molecule has 0 unspecified atom stereocenters. The number of carbonyl (C=O) groups is 2. The van der Waals surface area contributed by atoms with E-state index >= 15 is 0 Å². The number of carbonyl (C=O) groups excluding carboxylic acids is 2. The molecule has 0 aromatic carbocycles. The zero-order chi connectivity index (χ0) is 16.2. The second kappa shape index (κ2) is 11.3. The minimum absolute atomic E-state index is 0.0443. The van der Waals surface area contributed by atoms with Crippen LogP contribution in [0.15, 0.2) is 0 Å². The van der Waals surface area contributed by atoms with E-state index in [2.05, 4.69) is 12.2 Å². The second-order valence-corrected chi connectivity index (χ2v) is 5.34. The first-order valence-corrected chi connectivity index (χ1v) is 7.95. The van der Waals surface area contributed by atoms with Crippen molar-refractivity contribution in [1.82, 2.24) is 10.2 Å². The summed E-state index contributed by atoms with van der Waals surface area (Å²) in [7, 11) is 1.59. The monoisotopic (exact) mass is 316 g/mol. The maximum atomic E-state index is 11.8. The van der Waals surface area contributed by atoms with Crippen LogP contribution in [0.5, 0.6) is 0 Å². The highest BCUT2D eigenvalue weighted by atomic mass is 16.6. The van der Waals surface area contributed by atoms with E-state index in [-0.39, 0.29) is 24.6 Å². The molecule has 1 N–H and O–H groups in total. The Morgan fingerprint density at radius 2 is 1.91 bits per heavy atom. The Morgan fingerprint density at radius 3 is 2.55 bits per heavy atom. The van der Waals surface area contributed by atoms with Gasteiger partial charge in [-0.3, -0.25) is 4.79 Å². The van der Waals surface area contributed by atoms with Crippen molar-refractivity contribution in [2.24, 2.45) is 0 Å². The molecule has 0 radical (unpaired) electrons. The molecular formula is C15H28N2O5. The Hall–Kier alpha value is -1.34. The van der Waals surface area contributed by atoms with Crippen molar-refractivity contribution in [3.8, 4) is 0 Å². The molecule has 0 aromatic rings. The summed E-state index contributed by atoms with van der Waals surface area (Å²) >= 11 is 0. The zero-order valence-electron chi connectivity index (χ0n) is 13.6. The first-order chi connectivity index (χ1) is 10.7. The fourth-order valence-electron chi connectivity index (χ4n) is 2.18. The van der Waals surface area contributed by atoms with Crippen LogP contribution in [0.4, 0.5) is 4.79 Å². The summed E-state index contributed by atoms with van der Waals surface area (Å²) in [6.45, 7) is 4.69. The van der Waals surface area contributed by atoms with E-state index in [9.17, 15) is 9.59 Å². The quantitative estimate of drug-likeness (QED) is 0.646. The van der Waals surface area contributed by atoms with Gasteiger partial charge in [-0.25, -0.2) is 4.79 Å². The van der Waals surface area contributed by atoms with Gasteiger partial charge in [-0.2, -0.15) is 0 Å². The number of piperidine rings is 1. The Morgan fingerprint density at radius 1 is 1.18 bits per heavy atom. The van der Waals surface area contributed by atoms with Gasteiger partial charge in [0.05, 0.1) is 19.8 Å². The van der Waals surface area contributed by atoms with E-state index in [1.807, 2.05) is 0 Å². The zero-order valence-corrected chi connectivity index (χ0v) is 13.6. The first-order valence-electron chi connectivity index (χ1n) is 7.95. The SMILES string of the molecule is CCCCOC(=O)N1CCC(NC(=O)COCCOC)CC1. The summed E-state index contributed by atoms with van der Waals surface area (Å²) in [6, 6.07) is 0.0956. The number of nitrogens with zero attached hydrogens (tertiary/aromatic N) is 1. The minimum atomic E-state index is -0.249. The highest BCUT2D eigenvalue weighted by Gasteiger charge is 2.24. The average Bonchev–Trinajstić information content (AvgIpc) is 2.52. The summed E-state index contributed by atoms with van der Waals surface area (Å²) in [5.41, 5.74) is 0. The highest BCUT2D eigenvalue weighted by Crippen LogP contribution is 2.11. The largest absolute Gasteiger partial charge is 0.449 e. The number of unbranched alkanes of at least 4 members (excludes halogenated alkanes) is 1. The van der Waals surface area contributed by atoms with Gasteiger partial charge < -0.3 is 24.4 Å². The predicted molar refractivity (Wildman–Crippen MR) is 81.7 cm³/mol. The van der Waals surface area contributed by atoms with E-state index in [1.165, 1.54) is 0 Å². The molecule has 1 aliphatic heterocycles. The van der Waals surface area contributed by atoms with Crippen LogP contribution < -0.4 is 5.32 Å². The van der Waals surface area contributed by atoms with Gasteiger partial charge in [0.15, 0.2) is 0 Å². The Labute approximate surface area is 132 Å². The van der Waals surface area contributed by atoms with Crippen LogP contribution in [0.1, 0.15) is 32.6 Å². The Balaban J connectivity index is 2.13. The van der Waals surface area contributed by atoms with Gasteiger partial charge >= 0.3 is 6.09 Å². The molecule has 128 valence electrons. The van der Waals surface area contributed by atoms with Crippen molar-refractivity contribution in [3.05, 3.63) is 0 Å². The summed E-state index contributed by atoms with van der Waals surface area (Å²) in [5, 5.41) is 2.92. The molecule has 1 saturated heterocycles. The molecule has 0 aliphatic carbocycles. The predicted octanol–water partition coefficient (Wildman–Crippen LogP) is 1.17. The maximum Gasteiger partial charge on any atom is 0.409 e. The summed E-state index contributed by atoms with van der Waals surface area (Å²) in [6.07, 6.45) is 3.13. The Bertz CT molecular complexity index is 330. The van der Waals surface area contributed by atoms with E-state index in [0.717, 1.165) is 25.7 Å². The van der Waals surface area contributed by atoms with Crippen molar-refractivity contribution < 1.29 is 23.8 Å². The number of ether oxygens (including phenoxy) is 3. The third kappa shape index (κ3) is 7.61. The van der Waals surface area contributed by atoms with E-state index in [1.54, 1.807) is 12.0 Å². The van der Waals surface area contributed by atoms with Gasteiger partial charge in [-0.05, 0) is 19.3 Å². The van der Waals surface area contributed by atoms with Gasteiger partial charge in [-0.15, -0.1) is 0 Å². The van der Waals surface area contributed by atoms with Gasteiger partial charge in [-0.1, -0.05) is 13.3 Å². The number of nitrogens with one attached hydrogen (secondary N) is 1. The molecular weight excluding hydrogens is 288 g/mol. The molecule has 0 aromatic heterocycles. The van der Waals surface area contributed by atoms with E-state index < -0.39 is 0 Å². The van der Waals surface area contributed by atoms with E-state index in [4.69, 9.17) is 14.2 Å². The number of amides is 2. The van der Waals surface area contributed by atoms with Crippen LogP contribution in [0.3, 0.4) is 0 Å². The fourth-order valence-corrected chi connectivity index (χ4v) is 2.18. The standard InChI is InChI=1S/C15H28N2O5/c1-3-4-9-22-15(19)17-7-5-13(6-8-17)16-14(18)12-21-11-10-20-2/h13H,3-12H2,1-2H3,(H,16,18). The van der Waals surface area contributed by atoms with Crippen molar-refractivity contribution in [3.63, 3.8) is 0 Å².